The summed E-state index contributed by atoms with van der Waals surface area (Å²) in [6, 6.07) is 6.77. The summed E-state index contributed by atoms with van der Waals surface area (Å²) in [7, 11) is 0. The maximum absolute atomic E-state index is 10.5. The van der Waals surface area contributed by atoms with Crippen molar-refractivity contribution in [2.24, 2.45) is 0 Å². The lowest BCUT2D eigenvalue weighted by molar-refractivity contribution is -0.138. The van der Waals surface area contributed by atoms with Gasteiger partial charge in [-0.15, -0.1) is 0 Å². The molecule has 0 atom stereocenters. The molecule has 4 heteroatoms. The Morgan fingerprint density at radius 3 is 1.57 bits per heavy atom. The third-order valence-corrected chi connectivity index (χ3v) is 5.91. The van der Waals surface area contributed by atoms with Crippen LogP contribution in [0.3, 0.4) is 0 Å². The van der Waals surface area contributed by atoms with Gasteiger partial charge in [-0.3, -0.25) is 9.59 Å². The molecule has 0 amide bonds. The minimum Gasteiger partial charge on any atom is -0.481 e. The molecule has 0 bridgehead atoms. The van der Waals surface area contributed by atoms with Crippen LogP contribution in [0.5, 0.6) is 0 Å². The van der Waals surface area contributed by atoms with Gasteiger partial charge >= 0.3 is 11.9 Å². The highest BCUT2D eigenvalue weighted by molar-refractivity contribution is 5.66. The van der Waals surface area contributed by atoms with Crippen LogP contribution in [0.15, 0.2) is 18.2 Å². The number of unbranched alkanes of at least 4 members (excludes halogenated alkanes) is 10. The number of carboxylic acid groups (broad SMARTS) is 2. The molecule has 1 rings (SSSR count). The zero-order valence-electron chi connectivity index (χ0n) is 19.0. The van der Waals surface area contributed by atoms with E-state index in [-0.39, 0.29) is 0 Å². The van der Waals surface area contributed by atoms with Crippen molar-refractivity contribution in [2.75, 3.05) is 0 Å². The zero-order chi connectivity index (χ0) is 22.0. The number of carbonyl (C=O) groups is 2. The minimum atomic E-state index is -0.684. The molecular formula is C26H42O4. The quantitative estimate of drug-likeness (QED) is 0.238. The molecule has 0 unspecified atom stereocenters. The lowest BCUT2D eigenvalue weighted by Gasteiger charge is -2.14. The molecule has 0 aliphatic rings. The minimum absolute atomic E-state index is 0.301. The first-order chi connectivity index (χ1) is 14.5. The Hall–Kier alpha value is -1.84. The van der Waals surface area contributed by atoms with Crippen molar-refractivity contribution in [1.29, 1.82) is 0 Å². The Bertz CT molecular complexity index is 609. The van der Waals surface area contributed by atoms with Crippen molar-refractivity contribution in [3.05, 3.63) is 34.9 Å². The van der Waals surface area contributed by atoms with Crippen LogP contribution < -0.4 is 0 Å². The van der Waals surface area contributed by atoms with Gasteiger partial charge in [0.25, 0.3) is 0 Å². The van der Waals surface area contributed by atoms with Crippen molar-refractivity contribution in [3.63, 3.8) is 0 Å². The number of hydrogen-bond donors (Lipinski definition) is 2. The largest absolute Gasteiger partial charge is 0.481 e. The number of benzene rings is 1. The molecular weight excluding hydrogens is 376 g/mol. The van der Waals surface area contributed by atoms with Crippen molar-refractivity contribution >= 4 is 11.9 Å². The fraction of sp³-hybridized carbons (Fsp3) is 0.692. The summed E-state index contributed by atoms with van der Waals surface area (Å²) in [4.78, 5) is 21.1. The Morgan fingerprint density at radius 2 is 1.07 bits per heavy atom. The average Bonchev–Trinajstić information content (AvgIpc) is 2.71. The standard InChI is InChI=1S/C26H42O4/c1-2-22-17-15-18-23(16-11-7-3-5-9-13-20-25(27)28)24(22)19-12-8-4-6-10-14-21-26(29)30/h15,17-18H,2-14,16,19-21H2,1H3,(H,27,28)(H,29,30). The van der Waals surface area contributed by atoms with E-state index in [0.29, 0.717) is 12.8 Å². The van der Waals surface area contributed by atoms with Crippen molar-refractivity contribution < 1.29 is 19.8 Å². The summed E-state index contributed by atoms with van der Waals surface area (Å²) >= 11 is 0. The van der Waals surface area contributed by atoms with Gasteiger partial charge in [0.05, 0.1) is 0 Å². The maximum Gasteiger partial charge on any atom is 0.303 e. The van der Waals surface area contributed by atoms with E-state index in [1.807, 2.05) is 0 Å². The molecule has 0 spiro atoms. The summed E-state index contributed by atoms with van der Waals surface area (Å²) in [5.41, 5.74) is 4.57. The SMILES string of the molecule is CCc1cccc(CCCCCCCCC(=O)O)c1CCCCCCCCC(=O)O. The molecule has 0 heterocycles. The molecule has 170 valence electrons. The molecule has 1 aromatic carbocycles. The highest BCUT2D eigenvalue weighted by atomic mass is 16.4. The van der Waals surface area contributed by atoms with E-state index in [1.54, 1.807) is 5.56 Å². The third kappa shape index (κ3) is 12.7. The number of aliphatic carboxylic acids is 2. The highest BCUT2D eigenvalue weighted by Gasteiger charge is 2.07. The Balaban J connectivity index is 2.28. The van der Waals surface area contributed by atoms with Gasteiger partial charge in [-0.1, -0.05) is 76.5 Å². The summed E-state index contributed by atoms with van der Waals surface area (Å²) in [5.74, 6) is -1.37. The van der Waals surface area contributed by atoms with Crippen LogP contribution in [-0.2, 0) is 28.9 Å². The van der Waals surface area contributed by atoms with Crippen molar-refractivity contribution in [3.8, 4) is 0 Å². The second kappa shape index (κ2) is 16.9. The number of carboxylic acids is 2. The first kappa shape index (κ1) is 26.2. The van der Waals surface area contributed by atoms with E-state index < -0.39 is 11.9 Å². The second-order valence-corrected chi connectivity index (χ2v) is 8.44. The predicted molar refractivity (Wildman–Crippen MR) is 123 cm³/mol. The van der Waals surface area contributed by atoms with Gasteiger partial charge in [0.15, 0.2) is 0 Å². The van der Waals surface area contributed by atoms with Crippen LogP contribution in [-0.4, -0.2) is 22.2 Å². The predicted octanol–water partition coefficient (Wildman–Crippen LogP) is 6.96. The van der Waals surface area contributed by atoms with Gasteiger partial charge in [0, 0.05) is 12.8 Å². The first-order valence-corrected chi connectivity index (χ1v) is 12.1. The van der Waals surface area contributed by atoms with Crippen LogP contribution in [0, 0.1) is 0 Å². The fourth-order valence-corrected chi connectivity index (χ4v) is 4.16. The molecule has 0 aliphatic heterocycles. The Labute approximate surface area is 183 Å². The third-order valence-electron chi connectivity index (χ3n) is 5.91. The monoisotopic (exact) mass is 418 g/mol. The molecule has 0 radical (unpaired) electrons. The fourth-order valence-electron chi connectivity index (χ4n) is 4.16. The molecule has 4 nitrogen and oxygen atoms in total. The van der Waals surface area contributed by atoms with E-state index in [1.165, 1.54) is 49.7 Å². The van der Waals surface area contributed by atoms with E-state index in [9.17, 15) is 9.59 Å². The zero-order valence-corrected chi connectivity index (χ0v) is 19.0. The summed E-state index contributed by atoms with van der Waals surface area (Å²) in [5, 5.41) is 17.4. The topological polar surface area (TPSA) is 74.6 Å². The highest BCUT2D eigenvalue weighted by Crippen LogP contribution is 2.22. The summed E-state index contributed by atoms with van der Waals surface area (Å²) in [6.45, 7) is 2.24. The van der Waals surface area contributed by atoms with Crippen LogP contribution >= 0.6 is 0 Å². The van der Waals surface area contributed by atoms with Crippen molar-refractivity contribution in [1.82, 2.24) is 0 Å². The molecule has 0 fully saturated rings. The lowest BCUT2D eigenvalue weighted by atomic mass is 9.91. The molecule has 0 aromatic heterocycles. The number of hydrogen-bond acceptors (Lipinski definition) is 2. The smallest absolute Gasteiger partial charge is 0.303 e. The van der Waals surface area contributed by atoms with Gasteiger partial charge in [0.2, 0.25) is 0 Å². The Kier molecular flexibility index (Phi) is 14.8. The summed E-state index contributed by atoms with van der Waals surface area (Å²) in [6.07, 6.45) is 17.2. The summed E-state index contributed by atoms with van der Waals surface area (Å²) < 4.78 is 0. The molecule has 1 aromatic rings. The Morgan fingerprint density at radius 1 is 0.633 bits per heavy atom. The second-order valence-electron chi connectivity index (χ2n) is 8.44. The van der Waals surface area contributed by atoms with Gasteiger partial charge in [-0.25, -0.2) is 0 Å². The normalized spacial score (nSPS) is 11.0. The number of aryl methyl sites for hydroxylation is 2. The van der Waals surface area contributed by atoms with Crippen molar-refractivity contribution in [2.45, 2.75) is 116 Å². The van der Waals surface area contributed by atoms with Crippen LogP contribution in [0.1, 0.15) is 114 Å². The molecule has 30 heavy (non-hydrogen) atoms. The molecule has 0 saturated carbocycles. The van der Waals surface area contributed by atoms with Crippen LogP contribution in [0.2, 0.25) is 0 Å². The van der Waals surface area contributed by atoms with E-state index in [0.717, 1.165) is 57.8 Å². The van der Waals surface area contributed by atoms with Gasteiger partial charge in [0.1, 0.15) is 0 Å². The van der Waals surface area contributed by atoms with E-state index in [2.05, 4.69) is 25.1 Å². The van der Waals surface area contributed by atoms with Crippen LogP contribution in [0.4, 0.5) is 0 Å². The number of rotatable bonds is 19. The van der Waals surface area contributed by atoms with Gasteiger partial charge in [-0.2, -0.15) is 0 Å². The molecule has 0 saturated heterocycles. The average molecular weight is 419 g/mol. The maximum atomic E-state index is 10.5. The van der Waals surface area contributed by atoms with Gasteiger partial charge < -0.3 is 10.2 Å². The molecule has 2 N–H and O–H groups in total. The lowest BCUT2D eigenvalue weighted by Crippen LogP contribution is -2.01. The van der Waals surface area contributed by atoms with Gasteiger partial charge in [-0.05, 0) is 61.6 Å². The van der Waals surface area contributed by atoms with E-state index in [4.69, 9.17) is 10.2 Å². The first-order valence-electron chi connectivity index (χ1n) is 12.1. The van der Waals surface area contributed by atoms with E-state index >= 15 is 0 Å². The van der Waals surface area contributed by atoms with Crippen LogP contribution in [0.25, 0.3) is 0 Å². The molecule has 0 aliphatic carbocycles.